The quantitative estimate of drug-likeness (QED) is 0.938. The van der Waals surface area contributed by atoms with E-state index in [9.17, 15) is 4.79 Å². The van der Waals surface area contributed by atoms with Gasteiger partial charge in [-0.2, -0.15) is 0 Å². The van der Waals surface area contributed by atoms with Crippen LogP contribution < -0.4 is 10.2 Å². The summed E-state index contributed by atoms with van der Waals surface area (Å²) in [6.07, 6.45) is 1.61. The number of benzene rings is 1. The van der Waals surface area contributed by atoms with E-state index in [-0.39, 0.29) is 5.91 Å². The Morgan fingerprint density at radius 3 is 2.62 bits per heavy atom. The summed E-state index contributed by atoms with van der Waals surface area (Å²) in [5.41, 5.74) is 2.23. The molecule has 1 aromatic heterocycles. The van der Waals surface area contributed by atoms with Gasteiger partial charge in [0.2, 0.25) is 0 Å². The van der Waals surface area contributed by atoms with Gasteiger partial charge in [-0.25, -0.2) is 0 Å². The van der Waals surface area contributed by atoms with E-state index in [0.717, 1.165) is 24.5 Å². The predicted molar refractivity (Wildman–Crippen MR) is 81.7 cm³/mol. The maximum Gasteiger partial charge on any atom is 0.274 e. The van der Waals surface area contributed by atoms with E-state index < -0.39 is 0 Å². The molecule has 108 valence electrons. The fraction of sp³-hybridized carbons (Fsp3) is 0.250. The second-order valence-corrected chi connectivity index (χ2v) is 4.79. The number of ether oxygens (including phenoxy) is 1. The summed E-state index contributed by atoms with van der Waals surface area (Å²) in [7, 11) is 0. The van der Waals surface area contributed by atoms with Crippen molar-refractivity contribution >= 4 is 17.3 Å². The number of anilines is 2. The molecule has 1 saturated heterocycles. The number of hydrogen-bond donors (Lipinski definition) is 1. The maximum atomic E-state index is 12.2. The Morgan fingerprint density at radius 1 is 1.10 bits per heavy atom. The number of pyridine rings is 1. The minimum atomic E-state index is -0.198. The molecule has 1 aromatic carbocycles. The molecular formula is C16H17N3O2. The minimum absolute atomic E-state index is 0.198. The SMILES string of the molecule is O=C(Nc1ccccc1N1CCOCC1)c1ccccn1. The third-order valence-corrected chi connectivity index (χ3v) is 3.40. The summed E-state index contributed by atoms with van der Waals surface area (Å²) in [6.45, 7) is 3.08. The lowest BCUT2D eigenvalue weighted by molar-refractivity contribution is 0.102. The third kappa shape index (κ3) is 3.20. The first-order valence-corrected chi connectivity index (χ1v) is 6.99. The first-order chi connectivity index (χ1) is 10.3. The molecule has 2 heterocycles. The Labute approximate surface area is 123 Å². The van der Waals surface area contributed by atoms with E-state index in [0.29, 0.717) is 18.9 Å². The standard InChI is InChI=1S/C16H17N3O2/c20-16(14-6-3-4-8-17-14)18-13-5-1-2-7-15(13)19-9-11-21-12-10-19/h1-8H,9-12H2,(H,18,20). The van der Waals surface area contributed by atoms with Crippen LogP contribution in [0.5, 0.6) is 0 Å². The lowest BCUT2D eigenvalue weighted by atomic mass is 10.2. The summed E-state index contributed by atoms with van der Waals surface area (Å²) in [5, 5.41) is 2.94. The van der Waals surface area contributed by atoms with Crippen LogP contribution >= 0.6 is 0 Å². The van der Waals surface area contributed by atoms with Gasteiger partial charge in [0.15, 0.2) is 0 Å². The molecule has 0 radical (unpaired) electrons. The predicted octanol–water partition coefficient (Wildman–Crippen LogP) is 2.17. The van der Waals surface area contributed by atoms with E-state index in [1.54, 1.807) is 24.4 Å². The van der Waals surface area contributed by atoms with Crippen LogP contribution in [0.4, 0.5) is 11.4 Å². The molecule has 0 atom stereocenters. The Bertz CT molecular complexity index is 610. The summed E-state index contributed by atoms with van der Waals surface area (Å²) >= 11 is 0. The number of nitrogens with one attached hydrogen (secondary N) is 1. The Kier molecular flexibility index (Phi) is 4.12. The number of aromatic nitrogens is 1. The number of nitrogens with zero attached hydrogens (tertiary/aromatic N) is 2. The number of morpholine rings is 1. The second-order valence-electron chi connectivity index (χ2n) is 4.79. The van der Waals surface area contributed by atoms with E-state index in [1.807, 2.05) is 24.3 Å². The Morgan fingerprint density at radius 2 is 1.86 bits per heavy atom. The topological polar surface area (TPSA) is 54.5 Å². The molecule has 1 aliphatic heterocycles. The highest BCUT2D eigenvalue weighted by Crippen LogP contribution is 2.26. The van der Waals surface area contributed by atoms with Crippen molar-refractivity contribution in [3.8, 4) is 0 Å². The molecule has 0 bridgehead atoms. The maximum absolute atomic E-state index is 12.2. The van der Waals surface area contributed by atoms with Gasteiger partial charge in [-0.05, 0) is 24.3 Å². The van der Waals surface area contributed by atoms with Crippen LogP contribution in [-0.4, -0.2) is 37.2 Å². The average Bonchev–Trinajstić information content (AvgIpc) is 2.57. The molecule has 0 spiro atoms. The first-order valence-electron chi connectivity index (χ1n) is 6.99. The van der Waals surface area contributed by atoms with E-state index in [4.69, 9.17) is 4.74 Å². The van der Waals surface area contributed by atoms with Crippen molar-refractivity contribution < 1.29 is 9.53 Å². The van der Waals surface area contributed by atoms with Crippen LogP contribution in [-0.2, 0) is 4.74 Å². The highest BCUT2D eigenvalue weighted by Gasteiger charge is 2.16. The molecule has 1 N–H and O–H groups in total. The summed E-state index contributed by atoms with van der Waals surface area (Å²) in [5.74, 6) is -0.198. The molecule has 1 aliphatic rings. The van der Waals surface area contributed by atoms with Crippen molar-refractivity contribution in [1.29, 1.82) is 0 Å². The zero-order valence-corrected chi connectivity index (χ0v) is 11.7. The number of rotatable bonds is 3. The number of hydrogen-bond acceptors (Lipinski definition) is 4. The van der Waals surface area contributed by atoms with Gasteiger partial charge in [-0.1, -0.05) is 18.2 Å². The van der Waals surface area contributed by atoms with Crippen molar-refractivity contribution in [3.63, 3.8) is 0 Å². The zero-order valence-electron chi connectivity index (χ0n) is 11.7. The van der Waals surface area contributed by atoms with E-state index in [2.05, 4.69) is 15.2 Å². The third-order valence-electron chi connectivity index (χ3n) is 3.40. The molecule has 0 aliphatic carbocycles. The summed E-state index contributed by atoms with van der Waals surface area (Å²) < 4.78 is 5.37. The van der Waals surface area contributed by atoms with Crippen LogP contribution in [0, 0.1) is 0 Å². The monoisotopic (exact) mass is 283 g/mol. The fourth-order valence-electron chi connectivity index (χ4n) is 2.34. The van der Waals surface area contributed by atoms with Gasteiger partial charge >= 0.3 is 0 Å². The lowest BCUT2D eigenvalue weighted by Gasteiger charge is -2.30. The largest absolute Gasteiger partial charge is 0.378 e. The van der Waals surface area contributed by atoms with Crippen molar-refractivity contribution in [2.75, 3.05) is 36.5 Å². The van der Waals surface area contributed by atoms with Crippen LogP contribution in [0.15, 0.2) is 48.7 Å². The molecule has 1 fully saturated rings. The van der Waals surface area contributed by atoms with Gasteiger partial charge in [0.05, 0.1) is 24.6 Å². The number of carbonyl (C=O) groups excluding carboxylic acids is 1. The first kappa shape index (κ1) is 13.6. The van der Waals surface area contributed by atoms with Gasteiger partial charge in [0, 0.05) is 19.3 Å². The Balaban J connectivity index is 1.80. The highest BCUT2D eigenvalue weighted by molar-refractivity contribution is 6.04. The van der Waals surface area contributed by atoms with Crippen LogP contribution in [0.25, 0.3) is 0 Å². The molecule has 2 aromatic rings. The minimum Gasteiger partial charge on any atom is -0.378 e. The van der Waals surface area contributed by atoms with Crippen molar-refractivity contribution in [2.45, 2.75) is 0 Å². The van der Waals surface area contributed by atoms with Crippen molar-refractivity contribution in [3.05, 3.63) is 54.4 Å². The normalized spacial score (nSPS) is 14.8. The van der Waals surface area contributed by atoms with Gasteiger partial charge in [-0.15, -0.1) is 0 Å². The zero-order chi connectivity index (χ0) is 14.5. The second kappa shape index (κ2) is 6.37. The molecule has 0 saturated carbocycles. The summed E-state index contributed by atoms with van der Waals surface area (Å²) in [6, 6.07) is 13.1. The number of para-hydroxylation sites is 2. The van der Waals surface area contributed by atoms with Crippen LogP contribution in [0.2, 0.25) is 0 Å². The molecule has 0 unspecified atom stereocenters. The summed E-state index contributed by atoms with van der Waals surface area (Å²) in [4.78, 5) is 18.5. The number of amides is 1. The van der Waals surface area contributed by atoms with E-state index >= 15 is 0 Å². The average molecular weight is 283 g/mol. The van der Waals surface area contributed by atoms with Crippen molar-refractivity contribution in [2.24, 2.45) is 0 Å². The molecule has 21 heavy (non-hydrogen) atoms. The van der Waals surface area contributed by atoms with E-state index in [1.165, 1.54) is 0 Å². The van der Waals surface area contributed by atoms with Crippen molar-refractivity contribution in [1.82, 2.24) is 4.98 Å². The van der Waals surface area contributed by atoms with Gasteiger partial charge in [0.1, 0.15) is 5.69 Å². The molecule has 3 rings (SSSR count). The van der Waals surface area contributed by atoms with Crippen LogP contribution in [0.1, 0.15) is 10.5 Å². The molecule has 5 nitrogen and oxygen atoms in total. The molecular weight excluding hydrogens is 266 g/mol. The van der Waals surface area contributed by atoms with Gasteiger partial charge in [0.25, 0.3) is 5.91 Å². The van der Waals surface area contributed by atoms with Gasteiger partial charge in [-0.3, -0.25) is 9.78 Å². The smallest absolute Gasteiger partial charge is 0.274 e. The molecule has 1 amide bonds. The highest BCUT2D eigenvalue weighted by atomic mass is 16.5. The molecule has 5 heteroatoms. The fourth-order valence-corrected chi connectivity index (χ4v) is 2.34. The van der Waals surface area contributed by atoms with Gasteiger partial charge < -0.3 is 15.0 Å². The lowest BCUT2D eigenvalue weighted by Crippen LogP contribution is -2.36. The van der Waals surface area contributed by atoms with Crippen LogP contribution in [0.3, 0.4) is 0 Å². The number of carbonyl (C=O) groups is 1. The Hall–Kier alpha value is -2.40.